The molecule has 25 heavy (non-hydrogen) atoms. The predicted molar refractivity (Wildman–Crippen MR) is 94.3 cm³/mol. The Kier molecular flexibility index (Phi) is 3.92. The first-order valence-corrected chi connectivity index (χ1v) is 8.68. The van der Waals surface area contributed by atoms with Crippen LogP contribution < -0.4 is 0 Å². The zero-order valence-electron chi connectivity index (χ0n) is 13.2. The molecule has 1 atom stereocenters. The summed E-state index contributed by atoms with van der Waals surface area (Å²) in [6, 6.07) is 11.6. The van der Waals surface area contributed by atoms with Gasteiger partial charge in [0.1, 0.15) is 17.2 Å². The first kappa shape index (κ1) is 16.0. The van der Waals surface area contributed by atoms with Crippen LogP contribution in [0.3, 0.4) is 0 Å². The maximum atomic E-state index is 13.3. The van der Waals surface area contributed by atoms with E-state index in [0.717, 1.165) is 10.7 Å². The molecule has 2 heterocycles. The Morgan fingerprint density at radius 1 is 1.08 bits per heavy atom. The number of fused-ring (bicyclic) bond motifs is 1. The van der Waals surface area contributed by atoms with E-state index in [1.807, 2.05) is 16.5 Å². The van der Waals surface area contributed by atoms with Crippen molar-refractivity contribution in [3.63, 3.8) is 0 Å². The number of benzene rings is 2. The largest absolute Gasteiger partial charge is 0.324 e. The molecule has 0 saturated carbocycles. The fourth-order valence-corrected chi connectivity index (χ4v) is 3.94. The number of thioether (sulfide) groups is 1. The predicted octanol–water partition coefficient (Wildman–Crippen LogP) is 4.32. The molecule has 3 nitrogen and oxygen atoms in total. The highest BCUT2D eigenvalue weighted by Crippen LogP contribution is 2.41. The number of aliphatic imine (C=N–C) groups is 1. The minimum atomic E-state index is -0.772. The van der Waals surface area contributed by atoms with Crippen LogP contribution in [-0.4, -0.2) is 22.4 Å². The summed E-state index contributed by atoms with van der Waals surface area (Å²) in [7, 11) is 0. The summed E-state index contributed by atoms with van der Waals surface area (Å²) in [6.45, 7) is 0.518. The van der Waals surface area contributed by atoms with E-state index >= 15 is 0 Å². The van der Waals surface area contributed by atoms with Crippen LogP contribution in [0.1, 0.15) is 22.3 Å². The molecule has 6 heteroatoms. The molecular weight excluding hydrogens is 342 g/mol. The van der Waals surface area contributed by atoms with Crippen LogP contribution in [0.15, 0.2) is 65.1 Å². The third-order valence-electron chi connectivity index (χ3n) is 4.40. The van der Waals surface area contributed by atoms with Crippen molar-refractivity contribution in [1.82, 2.24) is 4.90 Å². The van der Waals surface area contributed by atoms with Crippen LogP contribution >= 0.6 is 11.8 Å². The zero-order valence-corrected chi connectivity index (χ0v) is 14.0. The van der Waals surface area contributed by atoms with Crippen molar-refractivity contribution in [3.8, 4) is 0 Å². The summed E-state index contributed by atoms with van der Waals surface area (Å²) in [5.41, 5.74) is 0.463. The quantitative estimate of drug-likeness (QED) is 0.765. The molecule has 2 aliphatic rings. The Balaban J connectivity index is 1.69. The summed E-state index contributed by atoms with van der Waals surface area (Å²) in [4.78, 5) is 19.6. The first-order chi connectivity index (χ1) is 12.1. The Morgan fingerprint density at radius 3 is 2.36 bits per heavy atom. The van der Waals surface area contributed by atoms with Gasteiger partial charge in [0.25, 0.3) is 0 Å². The van der Waals surface area contributed by atoms with Gasteiger partial charge in [-0.2, -0.15) is 0 Å². The van der Waals surface area contributed by atoms with E-state index in [1.165, 1.54) is 48.2 Å². The Morgan fingerprint density at radius 2 is 1.72 bits per heavy atom. The normalized spacial score (nSPS) is 21.4. The van der Waals surface area contributed by atoms with Gasteiger partial charge >= 0.3 is 0 Å². The van der Waals surface area contributed by atoms with Crippen molar-refractivity contribution in [2.45, 2.75) is 12.0 Å². The Labute approximate surface area is 148 Å². The molecule has 0 aromatic heterocycles. The summed E-state index contributed by atoms with van der Waals surface area (Å²) in [6.07, 6.45) is 2.07. The van der Waals surface area contributed by atoms with E-state index in [9.17, 15) is 13.6 Å². The molecule has 2 aliphatic heterocycles. The lowest BCUT2D eigenvalue weighted by atomic mass is 9.84. The van der Waals surface area contributed by atoms with E-state index in [4.69, 9.17) is 4.99 Å². The molecule has 1 unspecified atom stereocenters. The standard InChI is InChI=1S/C19H14F2N2OS/c20-15-5-1-13(2-6-15)17(24)11-19(14-3-7-16(21)8-4-14)12-23-9-10-25-18(23)22-19/h1-10H,11-12H2. The molecule has 2 aromatic carbocycles. The van der Waals surface area contributed by atoms with Crippen LogP contribution in [0.5, 0.6) is 0 Å². The van der Waals surface area contributed by atoms with Gasteiger partial charge in [-0.3, -0.25) is 4.79 Å². The van der Waals surface area contributed by atoms with Gasteiger partial charge in [-0.1, -0.05) is 23.9 Å². The van der Waals surface area contributed by atoms with E-state index in [2.05, 4.69) is 0 Å². The van der Waals surface area contributed by atoms with Crippen molar-refractivity contribution in [3.05, 3.63) is 82.9 Å². The maximum Gasteiger partial charge on any atom is 0.168 e. The number of hydrogen-bond acceptors (Lipinski definition) is 4. The number of carbonyl (C=O) groups excluding carboxylic acids is 1. The molecule has 126 valence electrons. The van der Waals surface area contributed by atoms with Gasteiger partial charge in [0.15, 0.2) is 11.0 Å². The minimum absolute atomic E-state index is 0.121. The Hall–Kier alpha value is -2.47. The maximum absolute atomic E-state index is 13.3. The number of Topliss-reactive ketones (excluding diaryl/α,β-unsaturated/α-hetero) is 1. The van der Waals surface area contributed by atoms with Gasteiger partial charge in [0.2, 0.25) is 0 Å². The molecule has 0 bridgehead atoms. The van der Waals surface area contributed by atoms with Crippen molar-refractivity contribution in [1.29, 1.82) is 0 Å². The molecule has 0 saturated heterocycles. The SMILES string of the molecule is O=C(CC1(c2ccc(F)cc2)CN2C=CSC2=N1)c1ccc(F)cc1. The summed E-state index contributed by atoms with van der Waals surface area (Å²) in [5, 5.41) is 2.77. The van der Waals surface area contributed by atoms with E-state index in [0.29, 0.717) is 12.1 Å². The summed E-state index contributed by atoms with van der Waals surface area (Å²) >= 11 is 1.50. The fraction of sp³-hybridized carbons (Fsp3) is 0.158. The van der Waals surface area contributed by atoms with Crippen molar-refractivity contribution < 1.29 is 13.6 Å². The topological polar surface area (TPSA) is 32.7 Å². The van der Waals surface area contributed by atoms with Crippen molar-refractivity contribution >= 4 is 22.7 Å². The summed E-state index contributed by atoms with van der Waals surface area (Å²) in [5.74, 6) is -0.832. The second-order valence-electron chi connectivity index (χ2n) is 6.07. The lowest BCUT2D eigenvalue weighted by molar-refractivity contribution is 0.0950. The van der Waals surface area contributed by atoms with Crippen LogP contribution in [-0.2, 0) is 5.54 Å². The number of nitrogens with zero attached hydrogens (tertiary/aromatic N) is 2. The highest BCUT2D eigenvalue weighted by Gasteiger charge is 2.43. The fourth-order valence-electron chi connectivity index (χ4n) is 3.12. The van der Waals surface area contributed by atoms with Gasteiger partial charge in [-0.25, -0.2) is 13.8 Å². The van der Waals surface area contributed by atoms with Gasteiger partial charge in [-0.05, 0) is 47.4 Å². The molecule has 0 amide bonds. The van der Waals surface area contributed by atoms with E-state index < -0.39 is 5.54 Å². The molecular formula is C19H14F2N2OS. The number of rotatable bonds is 4. The van der Waals surface area contributed by atoms with Crippen molar-refractivity contribution in [2.24, 2.45) is 4.99 Å². The van der Waals surface area contributed by atoms with Gasteiger partial charge < -0.3 is 4.90 Å². The lowest BCUT2D eigenvalue weighted by Gasteiger charge is -2.27. The van der Waals surface area contributed by atoms with Crippen molar-refractivity contribution in [2.75, 3.05) is 6.54 Å². The zero-order chi connectivity index (χ0) is 17.4. The number of ketones is 1. The van der Waals surface area contributed by atoms with Crippen LogP contribution in [0.2, 0.25) is 0 Å². The lowest BCUT2D eigenvalue weighted by Crippen LogP contribution is -2.33. The molecule has 0 spiro atoms. The second-order valence-corrected chi connectivity index (χ2v) is 6.94. The van der Waals surface area contributed by atoms with E-state index in [1.54, 1.807) is 12.1 Å². The number of hydrogen-bond donors (Lipinski definition) is 0. The average Bonchev–Trinajstić information content (AvgIpc) is 3.15. The highest BCUT2D eigenvalue weighted by atomic mass is 32.2. The van der Waals surface area contributed by atoms with E-state index in [-0.39, 0.29) is 23.8 Å². The minimum Gasteiger partial charge on any atom is -0.324 e. The second kappa shape index (κ2) is 6.11. The summed E-state index contributed by atoms with van der Waals surface area (Å²) < 4.78 is 26.4. The first-order valence-electron chi connectivity index (χ1n) is 7.80. The van der Waals surface area contributed by atoms with Crippen LogP contribution in [0.25, 0.3) is 0 Å². The molecule has 4 rings (SSSR count). The monoisotopic (exact) mass is 356 g/mol. The van der Waals surface area contributed by atoms with Gasteiger partial charge in [-0.15, -0.1) is 0 Å². The van der Waals surface area contributed by atoms with Crippen LogP contribution in [0.4, 0.5) is 8.78 Å². The van der Waals surface area contributed by atoms with Gasteiger partial charge in [0.05, 0.1) is 6.54 Å². The van der Waals surface area contributed by atoms with Crippen LogP contribution in [0, 0.1) is 11.6 Å². The Bertz CT molecular complexity index is 877. The molecule has 0 aliphatic carbocycles. The highest BCUT2D eigenvalue weighted by molar-refractivity contribution is 8.16. The molecule has 2 aromatic rings. The molecule has 0 N–H and O–H groups in total. The molecule has 0 radical (unpaired) electrons. The molecule has 0 fully saturated rings. The third kappa shape index (κ3) is 2.98. The number of carbonyl (C=O) groups is 1. The van der Waals surface area contributed by atoms with Gasteiger partial charge in [0, 0.05) is 18.2 Å². The number of amidine groups is 1. The smallest absolute Gasteiger partial charge is 0.168 e. The number of halogens is 2. The third-order valence-corrected chi connectivity index (χ3v) is 5.20. The average molecular weight is 356 g/mol.